The fraction of sp³-hybridized carbons (Fsp3) is 0.192. The maximum absolute atomic E-state index is 13.0. The molecule has 0 bridgehead atoms. The van der Waals surface area contributed by atoms with Crippen molar-refractivity contribution in [2.45, 2.75) is 12.8 Å². The molecule has 1 heterocycles. The van der Waals surface area contributed by atoms with Crippen molar-refractivity contribution in [1.29, 1.82) is 0 Å². The number of carbonyl (C=O) groups is 3. The Hall–Kier alpha value is -4.13. The second kappa shape index (κ2) is 9.99. The van der Waals surface area contributed by atoms with Crippen molar-refractivity contribution >= 4 is 34.8 Å². The predicted octanol–water partition coefficient (Wildman–Crippen LogP) is 4.58. The first-order chi connectivity index (χ1) is 16.0. The number of carbonyl (C=O) groups excluding carboxylic acids is 3. The van der Waals surface area contributed by atoms with Gasteiger partial charge in [0.05, 0.1) is 24.0 Å². The number of hydrogen-bond acceptors (Lipinski definition) is 5. The van der Waals surface area contributed by atoms with E-state index in [0.29, 0.717) is 28.1 Å². The summed E-state index contributed by atoms with van der Waals surface area (Å²) >= 11 is 0. The van der Waals surface area contributed by atoms with E-state index in [4.69, 9.17) is 4.74 Å². The van der Waals surface area contributed by atoms with Gasteiger partial charge < -0.3 is 20.3 Å². The molecule has 4 rings (SSSR count). The number of amides is 2. The van der Waals surface area contributed by atoms with E-state index in [2.05, 4.69) is 15.5 Å². The van der Waals surface area contributed by atoms with Crippen molar-refractivity contribution in [1.82, 2.24) is 0 Å². The van der Waals surface area contributed by atoms with E-state index in [1.165, 1.54) is 7.11 Å². The molecule has 0 aromatic heterocycles. The Bertz CT molecular complexity index is 1150. The van der Waals surface area contributed by atoms with Crippen LogP contribution in [0.1, 0.15) is 43.9 Å². The molecule has 1 saturated heterocycles. The van der Waals surface area contributed by atoms with E-state index in [9.17, 15) is 14.4 Å². The van der Waals surface area contributed by atoms with Gasteiger partial charge in [-0.2, -0.15) is 0 Å². The molecule has 1 aliphatic rings. The first kappa shape index (κ1) is 22.1. The molecule has 33 heavy (non-hydrogen) atoms. The Labute approximate surface area is 192 Å². The molecule has 7 heteroatoms. The van der Waals surface area contributed by atoms with E-state index >= 15 is 0 Å². The van der Waals surface area contributed by atoms with Crippen molar-refractivity contribution in [3.63, 3.8) is 0 Å². The summed E-state index contributed by atoms with van der Waals surface area (Å²) in [5, 5.41) is 5.75. The van der Waals surface area contributed by atoms with E-state index in [1.807, 2.05) is 12.1 Å². The van der Waals surface area contributed by atoms with Crippen LogP contribution in [0.25, 0.3) is 0 Å². The van der Waals surface area contributed by atoms with Crippen LogP contribution in [-0.2, 0) is 4.74 Å². The summed E-state index contributed by atoms with van der Waals surface area (Å²) in [6.07, 6.45) is 2.17. The molecule has 0 unspecified atom stereocenters. The van der Waals surface area contributed by atoms with Gasteiger partial charge in [0.25, 0.3) is 11.8 Å². The number of anilines is 3. The average molecular weight is 444 g/mol. The van der Waals surface area contributed by atoms with Crippen molar-refractivity contribution in [3.05, 3.63) is 89.5 Å². The van der Waals surface area contributed by atoms with Crippen LogP contribution in [0.5, 0.6) is 0 Å². The summed E-state index contributed by atoms with van der Waals surface area (Å²) in [6, 6.07) is 20.8. The van der Waals surface area contributed by atoms with Gasteiger partial charge in [0.2, 0.25) is 0 Å². The quantitative estimate of drug-likeness (QED) is 0.545. The Morgan fingerprint density at radius 3 is 2.03 bits per heavy atom. The molecule has 1 fully saturated rings. The minimum atomic E-state index is -0.461. The van der Waals surface area contributed by atoms with E-state index < -0.39 is 5.97 Å². The van der Waals surface area contributed by atoms with Crippen LogP contribution in [0.4, 0.5) is 17.1 Å². The highest BCUT2D eigenvalue weighted by molar-refractivity contribution is 6.08. The second-order valence-electron chi connectivity index (χ2n) is 7.77. The molecule has 2 N–H and O–H groups in total. The SMILES string of the molecule is COC(=O)c1ccc(N2CCCC2)c(NC(=O)c2ccc(NC(=O)c3ccccc3)cc2)c1. The van der Waals surface area contributed by atoms with Crippen molar-refractivity contribution < 1.29 is 19.1 Å². The minimum absolute atomic E-state index is 0.220. The predicted molar refractivity (Wildman–Crippen MR) is 128 cm³/mol. The Morgan fingerprint density at radius 1 is 0.758 bits per heavy atom. The number of nitrogens with one attached hydrogen (secondary N) is 2. The average Bonchev–Trinajstić information content (AvgIpc) is 3.39. The molecule has 0 aliphatic carbocycles. The maximum Gasteiger partial charge on any atom is 0.337 e. The lowest BCUT2D eigenvalue weighted by atomic mass is 10.1. The van der Waals surface area contributed by atoms with E-state index in [0.717, 1.165) is 31.6 Å². The topological polar surface area (TPSA) is 87.7 Å². The molecular formula is C26H25N3O4. The third kappa shape index (κ3) is 5.20. The summed E-state index contributed by atoms with van der Waals surface area (Å²) in [6.45, 7) is 1.80. The second-order valence-corrected chi connectivity index (χ2v) is 7.77. The highest BCUT2D eigenvalue weighted by atomic mass is 16.5. The maximum atomic E-state index is 13.0. The van der Waals surface area contributed by atoms with Gasteiger partial charge in [0, 0.05) is 29.9 Å². The van der Waals surface area contributed by atoms with Crippen molar-refractivity contribution in [3.8, 4) is 0 Å². The Morgan fingerprint density at radius 2 is 1.36 bits per heavy atom. The van der Waals surface area contributed by atoms with Crippen LogP contribution >= 0.6 is 0 Å². The number of methoxy groups -OCH3 is 1. The van der Waals surface area contributed by atoms with Crippen LogP contribution in [0.15, 0.2) is 72.8 Å². The fourth-order valence-electron chi connectivity index (χ4n) is 3.81. The van der Waals surface area contributed by atoms with Gasteiger partial charge in [-0.15, -0.1) is 0 Å². The third-order valence-corrected chi connectivity index (χ3v) is 5.55. The van der Waals surface area contributed by atoms with Gasteiger partial charge >= 0.3 is 5.97 Å². The Balaban J connectivity index is 1.50. The lowest BCUT2D eigenvalue weighted by Gasteiger charge is -2.22. The van der Waals surface area contributed by atoms with Gasteiger partial charge in [-0.1, -0.05) is 18.2 Å². The van der Waals surface area contributed by atoms with Crippen LogP contribution in [0.2, 0.25) is 0 Å². The molecule has 3 aromatic rings. The van der Waals surface area contributed by atoms with Gasteiger partial charge in [-0.25, -0.2) is 4.79 Å². The lowest BCUT2D eigenvalue weighted by molar-refractivity contribution is 0.0600. The Kier molecular flexibility index (Phi) is 6.69. The summed E-state index contributed by atoms with van der Waals surface area (Å²) in [7, 11) is 1.33. The van der Waals surface area contributed by atoms with Crippen LogP contribution < -0.4 is 15.5 Å². The molecule has 0 atom stereocenters. The monoisotopic (exact) mass is 443 g/mol. The largest absolute Gasteiger partial charge is 0.465 e. The molecule has 0 radical (unpaired) electrons. The van der Waals surface area contributed by atoms with E-state index in [1.54, 1.807) is 60.7 Å². The standard InChI is InChI=1S/C26H25N3O4/c1-33-26(32)20-11-14-23(29-15-5-6-16-29)22(17-20)28-25(31)19-9-12-21(13-10-19)27-24(30)18-7-3-2-4-8-18/h2-4,7-14,17H,5-6,15-16H2,1H3,(H,27,30)(H,28,31). The third-order valence-electron chi connectivity index (χ3n) is 5.55. The van der Waals surface area contributed by atoms with Crippen LogP contribution in [0, 0.1) is 0 Å². The summed E-state index contributed by atoms with van der Waals surface area (Å²) in [4.78, 5) is 39.5. The summed E-state index contributed by atoms with van der Waals surface area (Å²) in [5.41, 5.74) is 3.38. The van der Waals surface area contributed by atoms with Gasteiger partial charge in [-0.3, -0.25) is 9.59 Å². The number of rotatable bonds is 6. The highest BCUT2D eigenvalue weighted by Crippen LogP contribution is 2.31. The molecule has 1 aliphatic heterocycles. The molecule has 0 saturated carbocycles. The summed E-state index contributed by atoms with van der Waals surface area (Å²) < 4.78 is 4.82. The van der Waals surface area contributed by atoms with Gasteiger partial charge in [0.1, 0.15) is 0 Å². The lowest BCUT2D eigenvalue weighted by Crippen LogP contribution is -2.21. The normalized spacial score (nSPS) is 12.8. The first-order valence-corrected chi connectivity index (χ1v) is 10.8. The van der Waals surface area contributed by atoms with Gasteiger partial charge in [0.15, 0.2) is 0 Å². The smallest absolute Gasteiger partial charge is 0.337 e. The molecule has 3 aromatic carbocycles. The molecule has 168 valence electrons. The minimum Gasteiger partial charge on any atom is -0.465 e. The fourth-order valence-corrected chi connectivity index (χ4v) is 3.81. The molecular weight excluding hydrogens is 418 g/mol. The zero-order chi connectivity index (χ0) is 23.2. The summed E-state index contributed by atoms with van der Waals surface area (Å²) in [5.74, 6) is -0.988. The molecule has 2 amide bonds. The van der Waals surface area contributed by atoms with Crippen molar-refractivity contribution in [2.75, 3.05) is 35.7 Å². The van der Waals surface area contributed by atoms with Crippen LogP contribution in [0.3, 0.4) is 0 Å². The zero-order valence-electron chi connectivity index (χ0n) is 18.3. The number of esters is 1. The zero-order valence-corrected chi connectivity index (χ0v) is 18.3. The van der Waals surface area contributed by atoms with E-state index in [-0.39, 0.29) is 11.8 Å². The number of hydrogen-bond donors (Lipinski definition) is 2. The highest BCUT2D eigenvalue weighted by Gasteiger charge is 2.19. The molecule has 7 nitrogen and oxygen atoms in total. The number of nitrogens with zero attached hydrogens (tertiary/aromatic N) is 1. The van der Waals surface area contributed by atoms with Crippen molar-refractivity contribution in [2.24, 2.45) is 0 Å². The van der Waals surface area contributed by atoms with Crippen LogP contribution in [-0.4, -0.2) is 38.0 Å². The number of benzene rings is 3. The molecule has 0 spiro atoms. The first-order valence-electron chi connectivity index (χ1n) is 10.8. The number of ether oxygens (including phenoxy) is 1. The van der Waals surface area contributed by atoms with Gasteiger partial charge in [-0.05, 0) is 67.4 Å².